The first kappa shape index (κ1) is 17.3. The number of rotatable bonds is 1. The van der Waals surface area contributed by atoms with Gasteiger partial charge in [-0.15, -0.1) is 0 Å². The van der Waals surface area contributed by atoms with E-state index in [0.717, 1.165) is 22.3 Å². The fourth-order valence-corrected chi connectivity index (χ4v) is 6.17. The summed E-state index contributed by atoms with van der Waals surface area (Å²) in [5, 5.41) is 0.612. The van der Waals surface area contributed by atoms with Crippen molar-refractivity contribution < 1.29 is 9.59 Å². The van der Waals surface area contributed by atoms with Gasteiger partial charge in [-0.2, -0.15) is 0 Å². The van der Waals surface area contributed by atoms with E-state index in [2.05, 4.69) is 24.3 Å². The summed E-state index contributed by atoms with van der Waals surface area (Å²) in [6, 6.07) is 21.4. The summed E-state index contributed by atoms with van der Waals surface area (Å²) in [5.74, 6) is -1.59. The smallest absolute Gasteiger partial charge is 0.238 e. The molecule has 1 fully saturated rings. The van der Waals surface area contributed by atoms with Crippen molar-refractivity contribution in [3.05, 3.63) is 99.0 Å². The van der Waals surface area contributed by atoms with Gasteiger partial charge in [-0.05, 0) is 34.4 Å². The van der Waals surface area contributed by atoms with Gasteiger partial charge in [0.15, 0.2) is 0 Å². The Kier molecular flexibility index (Phi) is 3.54. The van der Waals surface area contributed by atoms with E-state index in [4.69, 9.17) is 23.2 Å². The van der Waals surface area contributed by atoms with E-state index in [9.17, 15) is 9.59 Å². The number of anilines is 1. The van der Waals surface area contributed by atoms with Gasteiger partial charge < -0.3 is 0 Å². The van der Waals surface area contributed by atoms with Crippen LogP contribution in [-0.4, -0.2) is 11.8 Å². The van der Waals surface area contributed by atoms with E-state index in [-0.39, 0.29) is 23.7 Å². The first-order valence-electron chi connectivity index (χ1n) is 9.59. The number of carbonyl (C=O) groups is 2. The molecule has 1 aliphatic heterocycles. The highest BCUT2D eigenvalue weighted by atomic mass is 35.5. The molecule has 2 bridgehead atoms. The monoisotopic (exact) mass is 419 g/mol. The van der Waals surface area contributed by atoms with Crippen LogP contribution in [0.15, 0.2) is 66.7 Å². The second kappa shape index (κ2) is 5.94. The van der Waals surface area contributed by atoms with Crippen molar-refractivity contribution in [1.82, 2.24) is 0 Å². The summed E-state index contributed by atoms with van der Waals surface area (Å²) < 4.78 is 0. The summed E-state index contributed by atoms with van der Waals surface area (Å²) in [7, 11) is 0. The maximum atomic E-state index is 13.7. The minimum absolute atomic E-state index is 0.139. The third-order valence-corrected chi connectivity index (χ3v) is 7.22. The fraction of sp³-hybridized carbons (Fsp3) is 0.167. The molecule has 5 heteroatoms. The molecule has 29 heavy (non-hydrogen) atoms. The van der Waals surface area contributed by atoms with E-state index >= 15 is 0 Å². The summed E-state index contributed by atoms with van der Waals surface area (Å²) in [4.78, 5) is 28.5. The van der Waals surface area contributed by atoms with Crippen LogP contribution >= 0.6 is 23.2 Å². The van der Waals surface area contributed by atoms with Gasteiger partial charge in [-0.3, -0.25) is 9.59 Å². The van der Waals surface area contributed by atoms with Crippen LogP contribution in [-0.2, 0) is 9.59 Å². The van der Waals surface area contributed by atoms with Crippen molar-refractivity contribution in [3.8, 4) is 0 Å². The lowest BCUT2D eigenvalue weighted by Crippen LogP contribution is -2.41. The highest BCUT2D eigenvalue weighted by Crippen LogP contribution is 2.61. The molecule has 3 aliphatic carbocycles. The molecule has 2 unspecified atom stereocenters. The molecule has 0 saturated carbocycles. The van der Waals surface area contributed by atoms with Crippen molar-refractivity contribution in [2.24, 2.45) is 11.8 Å². The van der Waals surface area contributed by atoms with Crippen molar-refractivity contribution in [2.45, 2.75) is 11.8 Å². The Labute approximate surface area is 177 Å². The predicted molar refractivity (Wildman–Crippen MR) is 113 cm³/mol. The SMILES string of the molecule is O=C1C2C3c4ccccc4C(c4ccccc43)C2C(=O)N1c1c(Cl)cccc1Cl. The van der Waals surface area contributed by atoms with E-state index in [0.29, 0.717) is 15.7 Å². The van der Waals surface area contributed by atoms with Crippen LogP contribution in [0, 0.1) is 11.8 Å². The lowest BCUT2D eigenvalue weighted by atomic mass is 9.55. The molecule has 7 rings (SSSR count). The fourth-order valence-electron chi connectivity index (χ4n) is 5.60. The van der Waals surface area contributed by atoms with E-state index < -0.39 is 11.8 Å². The number of hydrogen-bond donors (Lipinski definition) is 0. The minimum atomic E-state index is -0.440. The minimum Gasteiger partial charge on any atom is -0.274 e. The van der Waals surface area contributed by atoms with Gasteiger partial charge >= 0.3 is 0 Å². The van der Waals surface area contributed by atoms with Crippen LogP contribution in [0.25, 0.3) is 0 Å². The van der Waals surface area contributed by atoms with Gasteiger partial charge in [-0.25, -0.2) is 4.90 Å². The van der Waals surface area contributed by atoms with E-state index in [1.807, 2.05) is 24.3 Å². The van der Waals surface area contributed by atoms with Crippen LogP contribution < -0.4 is 4.90 Å². The molecule has 0 N–H and O–H groups in total. The quantitative estimate of drug-likeness (QED) is 0.495. The van der Waals surface area contributed by atoms with Crippen LogP contribution in [0.3, 0.4) is 0 Å². The normalized spacial score (nSPS) is 26.3. The summed E-state index contributed by atoms with van der Waals surface area (Å²) in [5.41, 5.74) is 4.88. The Morgan fingerprint density at radius 3 is 1.34 bits per heavy atom. The molecule has 1 saturated heterocycles. The Morgan fingerprint density at radius 2 is 0.966 bits per heavy atom. The average Bonchev–Trinajstić information content (AvgIpc) is 2.99. The molecule has 3 nitrogen and oxygen atoms in total. The summed E-state index contributed by atoms with van der Waals surface area (Å²) in [6.45, 7) is 0. The largest absolute Gasteiger partial charge is 0.274 e. The maximum absolute atomic E-state index is 13.7. The third-order valence-electron chi connectivity index (χ3n) is 6.61. The first-order valence-corrected chi connectivity index (χ1v) is 10.3. The number of imide groups is 1. The second-order valence-electron chi connectivity index (χ2n) is 7.85. The lowest BCUT2D eigenvalue weighted by Gasteiger charge is -2.45. The molecular formula is C24H15Cl2NO2. The zero-order chi connectivity index (χ0) is 19.9. The Morgan fingerprint density at radius 1 is 0.586 bits per heavy atom. The Hall–Kier alpha value is -2.62. The van der Waals surface area contributed by atoms with Gasteiger partial charge in [0.1, 0.15) is 0 Å². The average molecular weight is 420 g/mol. The van der Waals surface area contributed by atoms with E-state index in [1.165, 1.54) is 4.90 Å². The zero-order valence-corrected chi connectivity index (χ0v) is 16.7. The molecule has 2 amide bonds. The molecule has 3 aromatic carbocycles. The van der Waals surface area contributed by atoms with Gasteiger partial charge in [0, 0.05) is 11.8 Å². The van der Waals surface area contributed by atoms with Crippen LogP contribution in [0.4, 0.5) is 5.69 Å². The van der Waals surface area contributed by atoms with Gasteiger partial charge in [-0.1, -0.05) is 77.8 Å². The van der Waals surface area contributed by atoms with Crippen molar-refractivity contribution in [2.75, 3.05) is 4.90 Å². The number of amides is 2. The molecular weight excluding hydrogens is 405 g/mol. The van der Waals surface area contributed by atoms with Crippen molar-refractivity contribution in [3.63, 3.8) is 0 Å². The summed E-state index contributed by atoms with van der Waals surface area (Å²) >= 11 is 12.7. The topological polar surface area (TPSA) is 37.4 Å². The lowest BCUT2D eigenvalue weighted by molar-refractivity contribution is -0.122. The Balaban J connectivity index is 1.60. The highest BCUT2D eigenvalue weighted by Gasteiger charge is 2.62. The number of nitrogens with zero attached hydrogens (tertiary/aromatic N) is 1. The molecule has 2 atom stereocenters. The predicted octanol–water partition coefficient (Wildman–Crippen LogP) is 5.39. The number of para-hydroxylation sites is 1. The number of carbonyl (C=O) groups excluding carboxylic acids is 2. The van der Waals surface area contributed by atoms with E-state index in [1.54, 1.807) is 18.2 Å². The summed E-state index contributed by atoms with van der Waals surface area (Å²) in [6.07, 6.45) is 0. The second-order valence-corrected chi connectivity index (χ2v) is 8.66. The standard InChI is InChI=1S/C24H15Cl2NO2/c25-16-10-5-11-17(26)22(16)27-23(28)20-18-12-6-1-2-7-13(12)19(21(20)24(27)29)15-9-4-3-8-14(15)18/h1-11,18-21H. The highest BCUT2D eigenvalue weighted by molar-refractivity contribution is 6.42. The maximum Gasteiger partial charge on any atom is 0.238 e. The zero-order valence-electron chi connectivity index (χ0n) is 15.2. The van der Waals surface area contributed by atoms with Crippen LogP contribution in [0.1, 0.15) is 34.1 Å². The van der Waals surface area contributed by atoms with Gasteiger partial charge in [0.25, 0.3) is 0 Å². The van der Waals surface area contributed by atoms with Gasteiger partial charge in [0.2, 0.25) is 11.8 Å². The molecule has 0 aromatic heterocycles. The van der Waals surface area contributed by atoms with Gasteiger partial charge in [0.05, 0.1) is 27.6 Å². The number of benzene rings is 3. The number of halogens is 2. The van der Waals surface area contributed by atoms with Crippen molar-refractivity contribution in [1.29, 1.82) is 0 Å². The van der Waals surface area contributed by atoms with Crippen LogP contribution in [0.5, 0.6) is 0 Å². The molecule has 0 radical (unpaired) electrons. The van der Waals surface area contributed by atoms with Crippen LogP contribution in [0.2, 0.25) is 10.0 Å². The third kappa shape index (κ3) is 2.09. The first-order chi connectivity index (χ1) is 14.1. The molecule has 0 spiro atoms. The van der Waals surface area contributed by atoms with Crippen molar-refractivity contribution >= 4 is 40.7 Å². The number of hydrogen-bond acceptors (Lipinski definition) is 2. The Bertz CT molecular complexity index is 1090. The molecule has 4 aliphatic rings. The molecule has 3 aromatic rings. The molecule has 1 heterocycles. The molecule has 142 valence electrons.